The summed E-state index contributed by atoms with van der Waals surface area (Å²) in [5.74, 6) is 0. The Morgan fingerprint density at radius 3 is 1.35 bits per heavy atom. The molecule has 0 radical (unpaired) electrons. The summed E-state index contributed by atoms with van der Waals surface area (Å²) in [4.78, 5) is 2.42. The largest absolute Gasteiger partial charge is 0.310 e. The summed E-state index contributed by atoms with van der Waals surface area (Å²) in [5, 5.41) is 2.50. The predicted octanol–water partition coefficient (Wildman–Crippen LogP) is 19.0. The minimum absolute atomic E-state index is 0.464. The maximum atomic E-state index is 2.42. The minimum atomic E-state index is -0.464. The molecule has 0 unspecified atom stereocenters. The molecule has 13 rings (SSSR count). The van der Waals surface area contributed by atoms with Crippen LogP contribution < -0.4 is 4.90 Å². The number of nitrogens with zero attached hydrogens (tertiary/aromatic N) is 1. The van der Waals surface area contributed by atoms with Gasteiger partial charge in [-0.05, 0) is 137 Å². The number of benzene rings is 12. The average Bonchev–Trinajstić information content (AvgIpc) is 3.78. The Kier molecular flexibility index (Phi) is 10.8. The summed E-state index contributed by atoms with van der Waals surface area (Å²) in [6.45, 7) is 0. The van der Waals surface area contributed by atoms with Crippen molar-refractivity contribution in [3.63, 3.8) is 0 Å². The Balaban J connectivity index is 0.920. The van der Waals surface area contributed by atoms with Crippen molar-refractivity contribution in [1.29, 1.82) is 0 Å². The van der Waals surface area contributed by atoms with E-state index in [0.717, 1.165) is 28.2 Å². The first-order valence-electron chi connectivity index (χ1n) is 24.9. The van der Waals surface area contributed by atoms with Crippen LogP contribution in [-0.4, -0.2) is 0 Å². The highest BCUT2D eigenvalue weighted by atomic mass is 15.1. The van der Waals surface area contributed by atoms with Gasteiger partial charge in [-0.3, -0.25) is 0 Å². The Bertz CT molecular complexity index is 3840. The van der Waals surface area contributed by atoms with E-state index in [2.05, 4.69) is 302 Å². The zero-order chi connectivity index (χ0) is 47.8. The van der Waals surface area contributed by atoms with Crippen LogP contribution in [0, 0.1) is 0 Å². The molecule has 0 aromatic heterocycles. The molecule has 12 aromatic rings. The Morgan fingerprint density at radius 1 is 0.236 bits per heavy atom. The summed E-state index contributed by atoms with van der Waals surface area (Å²) >= 11 is 0. The van der Waals surface area contributed by atoms with Gasteiger partial charge in [-0.2, -0.15) is 0 Å². The molecule has 0 N–H and O–H groups in total. The quantitative estimate of drug-likeness (QED) is 0.132. The molecule has 0 heterocycles. The van der Waals surface area contributed by atoms with Crippen molar-refractivity contribution >= 4 is 27.8 Å². The Labute approximate surface area is 422 Å². The topological polar surface area (TPSA) is 3.24 Å². The van der Waals surface area contributed by atoms with E-state index in [1.54, 1.807) is 0 Å². The van der Waals surface area contributed by atoms with Gasteiger partial charge in [0, 0.05) is 16.9 Å². The molecule has 0 amide bonds. The normalized spacial score (nSPS) is 12.3. The first-order valence-corrected chi connectivity index (χ1v) is 24.9. The molecule has 0 fully saturated rings. The molecular formula is C71H49N. The van der Waals surface area contributed by atoms with Crippen LogP contribution in [0.15, 0.2) is 297 Å². The maximum Gasteiger partial charge on any atom is 0.0713 e. The molecule has 1 aliphatic carbocycles. The summed E-state index contributed by atoms with van der Waals surface area (Å²) in [6.07, 6.45) is 0. The van der Waals surface area contributed by atoms with Gasteiger partial charge >= 0.3 is 0 Å². The smallest absolute Gasteiger partial charge is 0.0713 e. The molecule has 0 bridgehead atoms. The molecule has 0 aliphatic heterocycles. The molecule has 1 heteroatoms. The van der Waals surface area contributed by atoms with Crippen LogP contribution in [0.2, 0.25) is 0 Å². The monoisotopic (exact) mass is 915 g/mol. The van der Waals surface area contributed by atoms with Gasteiger partial charge < -0.3 is 4.90 Å². The van der Waals surface area contributed by atoms with E-state index >= 15 is 0 Å². The van der Waals surface area contributed by atoms with Gasteiger partial charge in [0.15, 0.2) is 0 Å². The van der Waals surface area contributed by atoms with Crippen LogP contribution in [0.4, 0.5) is 17.1 Å². The Hall–Kier alpha value is -9.30. The SMILES string of the molecule is c1ccc(-c2ccc(-c3ccccc3N(c3ccc(-c4cccc(-c5ccc6ccccc6c5)c4)cc3)c3ccc(-c4cccc5c4-c4ccccc4C5(c4ccccc4)c4ccccc4)cc3)cc2)cc1. The third-order valence-corrected chi connectivity index (χ3v) is 14.8. The molecule has 1 nitrogen and oxygen atoms in total. The summed E-state index contributed by atoms with van der Waals surface area (Å²) in [7, 11) is 0. The van der Waals surface area contributed by atoms with Gasteiger partial charge in [0.1, 0.15) is 0 Å². The first kappa shape index (κ1) is 42.8. The number of hydrogen-bond acceptors (Lipinski definition) is 1. The first-order chi connectivity index (χ1) is 35.7. The molecule has 0 spiro atoms. The molecule has 0 saturated heterocycles. The lowest BCUT2D eigenvalue weighted by molar-refractivity contribution is 0.768. The highest BCUT2D eigenvalue weighted by molar-refractivity contribution is 5.97. The zero-order valence-corrected chi connectivity index (χ0v) is 39.7. The van der Waals surface area contributed by atoms with Gasteiger partial charge in [-0.15, -0.1) is 0 Å². The van der Waals surface area contributed by atoms with E-state index in [1.807, 2.05) is 0 Å². The number of rotatable bonds is 10. The highest BCUT2D eigenvalue weighted by Crippen LogP contribution is 2.58. The summed E-state index contributed by atoms with van der Waals surface area (Å²) in [5.41, 5.74) is 22.4. The van der Waals surface area contributed by atoms with Crippen LogP contribution in [0.5, 0.6) is 0 Å². The van der Waals surface area contributed by atoms with E-state index in [0.29, 0.717) is 0 Å². The fourth-order valence-electron chi connectivity index (χ4n) is 11.4. The number of hydrogen-bond donors (Lipinski definition) is 0. The molecule has 72 heavy (non-hydrogen) atoms. The number of para-hydroxylation sites is 1. The van der Waals surface area contributed by atoms with Crippen LogP contribution in [0.3, 0.4) is 0 Å². The van der Waals surface area contributed by atoms with Crippen molar-refractivity contribution in [2.45, 2.75) is 5.41 Å². The van der Waals surface area contributed by atoms with E-state index in [4.69, 9.17) is 0 Å². The molecule has 338 valence electrons. The molecule has 0 atom stereocenters. The van der Waals surface area contributed by atoms with Gasteiger partial charge in [0.05, 0.1) is 11.1 Å². The molecule has 12 aromatic carbocycles. The summed E-state index contributed by atoms with van der Waals surface area (Å²) < 4.78 is 0. The van der Waals surface area contributed by atoms with Crippen LogP contribution in [-0.2, 0) is 5.41 Å². The lowest BCUT2D eigenvalue weighted by Gasteiger charge is -2.34. The molecular weight excluding hydrogens is 867 g/mol. The van der Waals surface area contributed by atoms with Gasteiger partial charge in [-0.1, -0.05) is 255 Å². The standard InChI is InChI=1S/C71H49N/c1-4-18-50(19-5-1)52-34-37-54(38-35-52)64-28-13-15-33-69(64)72(62-44-40-53(41-45-62)57-22-16-23-58(48-57)59-39-36-51-20-10-11-21-56(51)49-59)63-46-42-55(43-47-63)65-30-17-32-68-70(65)66-29-12-14-31-67(66)71(68,60-24-6-2-7-25-60)61-26-8-3-9-27-61/h1-49H. The van der Waals surface area contributed by atoms with Crippen molar-refractivity contribution in [3.8, 4) is 66.8 Å². The lowest BCUT2D eigenvalue weighted by Crippen LogP contribution is -2.28. The lowest BCUT2D eigenvalue weighted by atomic mass is 9.67. The number of anilines is 3. The van der Waals surface area contributed by atoms with Crippen LogP contribution in [0.25, 0.3) is 77.5 Å². The maximum absolute atomic E-state index is 2.42. The molecule has 0 saturated carbocycles. The van der Waals surface area contributed by atoms with Crippen molar-refractivity contribution in [3.05, 3.63) is 320 Å². The third kappa shape index (κ3) is 7.42. The molecule has 1 aliphatic rings. The van der Waals surface area contributed by atoms with Crippen molar-refractivity contribution in [1.82, 2.24) is 0 Å². The van der Waals surface area contributed by atoms with Gasteiger partial charge in [0.25, 0.3) is 0 Å². The second-order valence-corrected chi connectivity index (χ2v) is 18.8. The van der Waals surface area contributed by atoms with Crippen LogP contribution in [0.1, 0.15) is 22.3 Å². The minimum Gasteiger partial charge on any atom is -0.310 e. The van der Waals surface area contributed by atoms with E-state index in [-0.39, 0.29) is 0 Å². The zero-order valence-electron chi connectivity index (χ0n) is 39.7. The average molecular weight is 916 g/mol. The number of fused-ring (bicyclic) bond motifs is 4. The van der Waals surface area contributed by atoms with Crippen molar-refractivity contribution in [2.24, 2.45) is 0 Å². The van der Waals surface area contributed by atoms with E-state index in [9.17, 15) is 0 Å². The van der Waals surface area contributed by atoms with Crippen LogP contribution >= 0.6 is 0 Å². The fraction of sp³-hybridized carbons (Fsp3) is 0.0141. The van der Waals surface area contributed by atoms with Crippen molar-refractivity contribution in [2.75, 3.05) is 4.90 Å². The second-order valence-electron chi connectivity index (χ2n) is 18.8. The third-order valence-electron chi connectivity index (χ3n) is 14.8. The summed E-state index contributed by atoms with van der Waals surface area (Å²) in [6, 6.07) is 109. The van der Waals surface area contributed by atoms with E-state index in [1.165, 1.54) is 88.7 Å². The fourth-order valence-corrected chi connectivity index (χ4v) is 11.4. The highest BCUT2D eigenvalue weighted by Gasteiger charge is 2.46. The van der Waals surface area contributed by atoms with Gasteiger partial charge in [0.2, 0.25) is 0 Å². The predicted molar refractivity (Wildman–Crippen MR) is 303 cm³/mol. The van der Waals surface area contributed by atoms with Crippen molar-refractivity contribution < 1.29 is 0 Å². The van der Waals surface area contributed by atoms with Gasteiger partial charge in [-0.25, -0.2) is 0 Å². The second kappa shape index (κ2) is 18.2. The van der Waals surface area contributed by atoms with E-state index < -0.39 is 5.41 Å². The Morgan fingerprint density at radius 2 is 0.653 bits per heavy atom.